The normalized spacial score (nSPS) is 13.2. The van der Waals surface area contributed by atoms with Crippen molar-refractivity contribution in [3.63, 3.8) is 0 Å². The van der Waals surface area contributed by atoms with E-state index < -0.39 is 0 Å². The fourth-order valence-electron chi connectivity index (χ4n) is 4.30. The van der Waals surface area contributed by atoms with Crippen molar-refractivity contribution < 1.29 is 14.0 Å². The van der Waals surface area contributed by atoms with Crippen molar-refractivity contribution in [3.05, 3.63) is 71.3 Å². The number of fused-ring (bicyclic) bond motifs is 1. The smallest absolute Gasteiger partial charge is 0.276 e. The molecule has 0 fully saturated rings. The molecule has 0 saturated heterocycles. The summed E-state index contributed by atoms with van der Waals surface area (Å²) >= 11 is 0. The molecular weight excluding hydrogens is 419 g/mol. The summed E-state index contributed by atoms with van der Waals surface area (Å²) in [5, 5.41) is 2.93. The molecule has 0 atom stereocenters. The summed E-state index contributed by atoms with van der Waals surface area (Å²) in [6.45, 7) is 5.98. The van der Waals surface area contributed by atoms with Crippen LogP contribution in [0.5, 0.6) is 0 Å². The SMILES string of the molecule is CCN(CC)C(=O)c1ccc(NC(=O)c2nc(-c3ccc(F)cc3)n3c2CCCCC3)cc1. The highest BCUT2D eigenvalue weighted by atomic mass is 19.1. The third-order valence-corrected chi connectivity index (χ3v) is 6.13. The van der Waals surface area contributed by atoms with E-state index in [1.165, 1.54) is 12.1 Å². The summed E-state index contributed by atoms with van der Waals surface area (Å²) < 4.78 is 15.5. The summed E-state index contributed by atoms with van der Waals surface area (Å²) in [6.07, 6.45) is 3.87. The highest BCUT2D eigenvalue weighted by Gasteiger charge is 2.24. The lowest BCUT2D eigenvalue weighted by atomic mass is 10.1. The molecule has 0 aliphatic carbocycles. The van der Waals surface area contributed by atoms with E-state index in [1.54, 1.807) is 41.3 Å². The average Bonchev–Trinajstić information content (AvgIpc) is 3.02. The van der Waals surface area contributed by atoms with Crippen molar-refractivity contribution in [3.8, 4) is 11.4 Å². The molecule has 33 heavy (non-hydrogen) atoms. The van der Waals surface area contributed by atoms with Crippen LogP contribution in [0, 0.1) is 5.82 Å². The Morgan fingerprint density at radius 2 is 1.70 bits per heavy atom. The van der Waals surface area contributed by atoms with Crippen LogP contribution in [0.25, 0.3) is 11.4 Å². The summed E-state index contributed by atoms with van der Waals surface area (Å²) in [5.41, 5.74) is 3.30. The fraction of sp³-hybridized carbons (Fsp3) is 0.346. The predicted octanol–water partition coefficient (Wildman–Crippen LogP) is 5.15. The number of halogens is 1. The summed E-state index contributed by atoms with van der Waals surface area (Å²) in [7, 11) is 0. The molecule has 1 N–H and O–H groups in total. The zero-order valence-corrected chi connectivity index (χ0v) is 19.1. The number of nitrogens with one attached hydrogen (secondary N) is 1. The predicted molar refractivity (Wildman–Crippen MR) is 127 cm³/mol. The third kappa shape index (κ3) is 4.82. The molecule has 0 unspecified atom stereocenters. The van der Waals surface area contributed by atoms with Crippen molar-refractivity contribution >= 4 is 17.5 Å². The summed E-state index contributed by atoms with van der Waals surface area (Å²) in [4.78, 5) is 32.2. The van der Waals surface area contributed by atoms with Gasteiger partial charge in [-0.3, -0.25) is 9.59 Å². The van der Waals surface area contributed by atoms with Crippen LogP contribution < -0.4 is 5.32 Å². The maximum atomic E-state index is 13.4. The van der Waals surface area contributed by atoms with E-state index in [-0.39, 0.29) is 17.6 Å². The Kier molecular flexibility index (Phi) is 6.87. The number of carbonyl (C=O) groups is 2. The molecule has 0 bridgehead atoms. The van der Waals surface area contributed by atoms with Crippen LogP contribution >= 0.6 is 0 Å². The minimum Gasteiger partial charge on any atom is -0.339 e. The fourth-order valence-corrected chi connectivity index (χ4v) is 4.30. The molecule has 0 saturated carbocycles. The van der Waals surface area contributed by atoms with E-state index in [1.807, 2.05) is 13.8 Å². The highest BCUT2D eigenvalue weighted by molar-refractivity contribution is 6.04. The van der Waals surface area contributed by atoms with Crippen LogP contribution in [0.4, 0.5) is 10.1 Å². The lowest BCUT2D eigenvalue weighted by Gasteiger charge is -2.18. The van der Waals surface area contributed by atoms with Gasteiger partial charge < -0.3 is 14.8 Å². The van der Waals surface area contributed by atoms with Crippen LogP contribution in [0.1, 0.15) is 59.7 Å². The van der Waals surface area contributed by atoms with Gasteiger partial charge in [-0.05, 0) is 81.6 Å². The summed E-state index contributed by atoms with van der Waals surface area (Å²) in [6, 6.07) is 13.2. The number of anilines is 1. The highest BCUT2D eigenvalue weighted by Crippen LogP contribution is 2.28. The van der Waals surface area contributed by atoms with Gasteiger partial charge in [0.25, 0.3) is 11.8 Å². The van der Waals surface area contributed by atoms with E-state index in [9.17, 15) is 14.0 Å². The molecule has 0 radical (unpaired) electrons. The van der Waals surface area contributed by atoms with Gasteiger partial charge in [0, 0.05) is 36.4 Å². The second-order valence-electron chi connectivity index (χ2n) is 8.21. The minimum absolute atomic E-state index is 0.0266. The van der Waals surface area contributed by atoms with Gasteiger partial charge >= 0.3 is 0 Å². The molecule has 1 aliphatic rings. The Labute approximate surface area is 193 Å². The Balaban J connectivity index is 1.59. The van der Waals surface area contributed by atoms with Gasteiger partial charge in [0.2, 0.25) is 0 Å². The first-order valence-electron chi connectivity index (χ1n) is 11.6. The first kappa shape index (κ1) is 22.7. The van der Waals surface area contributed by atoms with Gasteiger partial charge in [-0.25, -0.2) is 9.37 Å². The van der Waals surface area contributed by atoms with E-state index in [2.05, 4.69) is 14.9 Å². The van der Waals surface area contributed by atoms with Gasteiger partial charge in [0.15, 0.2) is 0 Å². The lowest BCUT2D eigenvalue weighted by Crippen LogP contribution is -2.30. The number of hydrogen-bond acceptors (Lipinski definition) is 3. The number of nitrogens with zero attached hydrogens (tertiary/aromatic N) is 3. The number of amides is 2. The van der Waals surface area contributed by atoms with Crippen LogP contribution in [-0.2, 0) is 13.0 Å². The van der Waals surface area contributed by atoms with Gasteiger partial charge in [-0.15, -0.1) is 0 Å². The number of aromatic nitrogens is 2. The van der Waals surface area contributed by atoms with Crippen molar-refractivity contribution in [1.82, 2.24) is 14.5 Å². The molecule has 4 rings (SSSR count). The van der Waals surface area contributed by atoms with Crippen LogP contribution in [0.2, 0.25) is 0 Å². The standard InChI is InChI=1S/C26H29FN4O2/c1-3-30(4-2)26(33)19-11-15-21(16-12-19)28-25(32)23-22-8-6-5-7-17-31(22)24(29-23)18-9-13-20(27)14-10-18/h9-16H,3-8,17H2,1-2H3,(H,28,32). The molecule has 172 valence electrons. The monoisotopic (exact) mass is 448 g/mol. The molecule has 2 amide bonds. The second-order valence-corrected chi connectivity index (χ2v) is 8.21. The average molecular weight is 449 g/mol. The Morgan fingerprint density at radius 3 is 2.36 bits per heavy atom. The van der Waals surface area contributed by atoms with Gasteiger partial charge in [-0.1, -0.05) is 6.42 Å². The molecule has 0 spiro atoms. The van der Waals surface area contributed by atoms with Gasteiger partial charge in [0.1, 0.15) is 17.3 Å². The second kappa shape index (κ2) is 9.98. The van der Waals surface area contributed by atoms with Crippen molar-refractivity contribution in [2.75, 3.05) is 18.4 Å². The van der Waals surface area contributed by atoms with Crippen molar-refractivity contribution in [1.29, 1.82) is 0 Å². The largest absolute Gasteiger partial charge is 0.339 e. The van der Waals surface area contributed by atoms with Gasteiger partial charge in [0.05, 0.1) is 5.69 Å². The number of imidazole rings is 1. The molecule has 1 aliphatic heterocycles. The first-order valence-corrected chi connectivity index (χ1v) is 11.6. The molecule has 2 aromatic carbocycles. The van der Waals surface area contributed by atoms with E-state index >= 15 is 0 Å². The Bertz CT molecular complexity index is 1130. The maximum absolute atomic E-state index is 13.4. The lowest BCUT2D eigenvalue weighted by molar-refractivity contribution is 0.0773. The Morgan fingerprint density at radius 1 is 1.00 bits per heavy atom. The first-order chi connectivity index (χ1) is 16.0. The minimum atomic E-state index is -0.303. The number of rotatable bonds is 6. The van der Waals surface area contributed by atoms with Crippen molar-refractivity contribution in [2.45, 2.75) is 46.1 Å². The Hall–Kier alpha value is -3.48. The summed E-state index contributed by atoms with van der Waals surface area (Å²) in [5.74, 6) is 0.0811. The number of carbonyl (C=O) groups excluding carboxylic acids is 2. The molecule has 3 aromatic rings. The quantitative estimate of drug-likeness (QED) is 0.567. The maximum Gasteiger partial charge on any atom is 0.276 e. The van der Waals surface area contributed by atoms with E-state index in [0.29, 0.717) is 35.9 Å². The molecule has 6 nitrogen and oxygen atoms in total. The van der Waals surface area contributed by atoms with Crippen molar-refractivity contribution in [2.24, 2.45) is 0 Å². The molecule has 1 aromatic heterocycles. The number of hydrogen-bond donors (Lipinski definition) is 1. The van der Waals surface area contributed by atoms with E-state index in [0.717, 1.165) is 43.5 Å². The van der Waals surface area contributed by atoms with Gasteiger partial charge in [-0.2, -0.15) is 0 Å². The molecular formula is C26H29FN4O2. The molecule has 7 heteroatoms. The number of benzene rings is 2. The third-order valence-electron chi connectivity index (χ3n) is 6.13. The van der Waals surface area contributed by atoms with Crippen LogP contribution in [-0.4, -0.2) is 39.4 Å². The zero-order chi connectivity index (χ0) is 23.4. The molecule has 2 heterocycles. The van der Waals surface area contributed by atoms with Crippen LogP contribution in [0.3, 0.4) is 0 Å². The topological polar surface area (TPSA) is 67.2 Å². The van der Waals surface area contributed by atoms with E-state index in [4.69, 9.17) is 0 Å². The van der Waals surface area contributed by atoms with Crippen LogP contribution in [0.15, 0.2) is 48.5 Å². The zero-order valence-electron chi connectivity index (χ0n) is 19.1.